The second-order valence-corrected chi connectivity index (χ2v) is 5.41. The van der Waals surface area contributed by atoms with Gasteiger partial charge in [-0.15, -0.1) is 0 Å². The quantitative estimate of drug-likeness (QED) is 0.592. The van der Waals surface area contributed by atoms with Crippen LogP contribution in [0.15, 0.2) is 30.4 Å². The summed E-state index contributed by atoms with van der Waals surface area (Å²) >= 11 is 11.7. The average molecular weight is 330 g/mol. The predicted molar refractivity (Wildman–Crippen MR) is 83.8 cm³/mol. The van der Waals surface area contributed by atoms with Crippen LogP contribution in [0.5, 0.6) is 0 Å². The van der Waals surface area contributed by atoms with Crippen molar-refractivity contribution in [3.8, 4) is 0 Å². The van der Waals surface area contributed by atoms with Crippen molar-refractivity contribution in [3.63, 3.8) is 0 Å². The lowest BCUT2D eigenvalue weighted by Gasteiger charge is -2.20. The summed E-state index contributed by atoms with van der Waals surface area (Å²) in [6.07, 6.45) is 0. The zero-order valence-corrected chi connectivity index (χ0v) is 13.5. The Morgan fingerprint density at radius 1 is 1.33 bits per heavy atom. The summed E-state index contributed by atoms with van der Waals surface area (Å²) in [5, 5.41) is 0.598. The summed E-state index contributed by atoms with van der Waals surface area (Å²) in [7, 11) is 0. The lowest BCUT2D eigenvalue weighted by molar-refractivity contribution is -0.133. The maximum absolute atomic E-state index is 11.9. The van der Waals surface area contributed by atoms with Gasteiger partial charge in [-0.05, 0) is 32.0 Å². The zero-order valence-electron chi connectivity index (χ0n) is 12.0. The van der Waals surface area contributed by atoms with E-state index >= 15 is 0 Å². The fourth-order valence-corrected chi connectivity index (χ4v) is 2.02. The number of amides is 1. The number of esters is 1. The van der Waals surface area contributed by atoms with E-state index in [0.717, 1.165) is 5.57 Å². The van der Waals surface area contributed by atoms with Crippen molar-refractivity contribution in [1.29, 1.82) is 0 Å². The van der Waals surface area contributed by atoms with Crippen LogP contribution in [0.25, 0.3) is 0 Å². The third-order valence-electron chi connectivity index (χ3n) is 2.67. The topological polar surface area (TPSA) is 46.6 Å². The Balaban J connectivity index is 2.65. The molecule has 0 N–H and O–H groups in total. The molecule has 0 aliphatic heterocycles. The van der Waals surface area contributed by atoms with E-state index in [1.165, 1.54) is 12.1 Å². The van der Waals surface area contributed by atoms with E-state index in [1.807, 2.05) is 13.8 Å². The summed E-state index contributed by atoms with van der Waals surface area (Å²) in [6.45, 7) is 8.03. The second-order valence-electron chi connectivity index (χ2n) is 4.57. The number of benzene rings is 1. The number of rotatable bonds is 6. The molecule has 1 amide bonds. The summed E-state index contributed by atoms with van der Waals surface area (Å²) < 4.78 is 4.99. The van der Waals surface area contributed by atoms with E-state index in [1.54, 1.807) is 11.0 Å². The lowest BCUT2D eigenvalue weighted by atomic mass is 10.2. The summed E-state index contributed by atoms with van der Waals surface area (Å²) in [5.74, 6) is -0.964. The Labute approximate surface area is 134 Å². The standard InChI is InChI=1S/C15H17Cl2NO3/c1-4-18(8-10(2)3)14(19)9-21-15(20)12-7-11(16)5-6-13(12)17/h5-7H,2,4,8-9H2,1,3H3. The van der Waals surface area contributed by atoms with Gasteiger partial charge in [-0.3, -0.25) is 4.79 Å². The van der Waals surface area contributed by atoms with Gasteiger partial charge in [0.2, 0.25) is 0 Å². The van der Waals surface area contributed by atoms with Gasteiger partial charge >= 0.3 is 5.97 Å². The largest absolute Gasteiger partial charge is 0.452 e. The number of nitrogens with zero attached hydrogens (tertiary/aromatic N) is 1. The molecular formula is C15H17Cl2NO3. The molecule has 1 rings (SSSR count). The van der Waals surface area contributed by atoms with Gasteiger partial charge in [0, 0.05) is 18.1 Å². The fraction of sp³-hybridized carbons (Fsp3) is 0.333. The normalized spacial score (nSPS) is 10.1. The van der Waals surface area contributed by atoms with Gasteiger partial charge in [0.15, 0.2) is 6.61 Å². The number of carbonyl (C=O) groups excluding carboxylic acids is 2. The number of hydrogen-bond donors (Lipinski definition) is 0. The van der Waals surface area contributed by atoms with Crippen molar-refractivity contribution in [3.05, 3.63) is 46.0 Å². The van der Waals surface area contributed by atoms with Crippen molar-refractivity contribution >= 4 is 35.1 Å². The highest BCUT2D eigenvalue weighted by molar-refractivity contribution is 6.35. The molecule has 1 aromatic rings. The fourth-order valence-electron chi connectivity index (χ4n) is 1.65. The molecule has 0 aliphatic rings. The molecule has 0 unspecified atom stereocenters. The van der Waals surface area contributed by atoms with Gasteiger partial charge in [0.05, 0.1) is 10.6 Å². The van der Waals surface area contributed by atoms with Crippen LogP contribution in [-0.2, 0) is 9.53 Å². The van der Waals surface area contributed by atoms with E-state index in [4.69, 9.17) is 27.9 Å². The molecule has 4 nitrogen and oxygen atoms in total. The van der Waals surface area contributed by atoms with Crippen LogP contribution in [0.4, 0.5) is 0 Å². The Kier molecular flexibility index (Phi) is 6.72. The van der Waals surface area contributed by atoms with Gasteiger partial charge in [0.25, 0.3) is 5.91 Å². The molecule has 0 bridgehead atoms. The van der Waals surface area contributed by atoms with Crippen LogP contribution in [0.2, 0.25) is 10.0 Å². The molecule has 0 atom stereocenters. The third-order valence-corrected chi connectivity index (χ3v) is 3.23. The number of halogens is 2. The first-order valence-electron chi connectivity index (χ1n) is 6.39. The van der Waals surface area contributed by atoms with E-state index in [9.17, 15) is 9.59 Å². The molecule has 0 fully saturated rings. The maximum atomic E-state index is 11.9. The summed E-state index contributed by atoms with van der Waals surface area (Å²) in [4.78, 5) is 25.4. The van der Waals surface area contributed by atoms with Gasteiger partial charge in [0.1, 0.15) is 0 Å². The van der Waals surface area contributed by atoms with Crippen LogP contribution in [0, 0.1) is 0 Å². The second kappa shape index (κ2) is 8.05. The van der Waals surface area contributed by atoms with Crippen molar-refractivity contribution < 1.29 is 14.3 Å². The average Bonchev–Trinajstić information content (AvgIpc) is 2.44. The van der Waals surface area contributed by atoms with E-state index < -0.39 is 5.97 Å². The minimum absolute atomic E-state index is 0.139. The van der Waals surface area contributed by atoms with Gasteiger partial charge < -0.3 is 9.64 Å². The van der Waals surface area contributed by atoms with Crippen LogP contribution in [0.1, 0.15) is 24.2 Å². The molecule has 0 saturated carbocycles. The van der Waals surface area contributed by atoms with E-state index in [0.29, 0.717) is 18.1 Å². The van der Waals surface area contributed by atoms with Gasteiger partial charge in [-0.25, -0.2) is 4.79 Å². The maximum Gasteiger partial charge on any atom is 0.340 e. The molecule has 0 spiro atoms. The van der Waals surface area contributed by atoms with Crippen LogP contribution >= 0.6 is 23.2 Å². The van der Waals surface area contributed by atoms with E-state index in [-0.39, 0.29) is 23.1 Å². The number of likely N-dealkylation sites (N-methyl/N-ethyl adjacent to an activating group) is 1. The zero-order chi connectivity index (χ0) is 16.0. The number of ether oxygens (including phenoxy) is 1. The van der Waals surface area contributed by atoms with Gasteiger partial charge in [-0.2, -0.15) is 0 Å². The van der Waals surface area contributed by atoms with E-state index in [2.05, 4.69) is 6.58 Å². The Hall–Kier alpha value is -1.52. The number of hydrogen-bond acceptors (Lipinski definition) is 3. The molecule has 0 saturated heterocycles. The SMILES string of the molecule is C=C(C)CN(CC)C(=O)COC(=O)c1cc(Cl)ccc1Cl. The lowest BCUT2D eigenvalue weighted by Crippen LogP contribution is -2.35. The monoisotopic (exact) mass is 329 g/mol. The molecule has 6 heteroatoms. The Morgan fingerprint density at radius 2 is 2.00 bits per heavy atom. The highest BCUT2D eigenvalue weighted by Crippen LogP contribution is 2.21. The Morgan fingerprint density at radius 3 is 2.57 bits per heavy atom. The highest BCUT2D eigenvalue weighted by atomic mass is 35.5. The first-order chi connectivity index (χ1) is 9.85. The van der Waals surface area contributed by atoms with Crippen molar-refractivity contribution in [1.82, 2.24) is 4.90 Å². The van der Waals surface area contributed by atoms with Crippen molar-refractivity contribution in [2.24, 2.45) is 0 Å². The minimum Gasteiger partial charge on any atom is -0.452 e. The van der Waals surface area contributed by atoms with Crippen LogP contribution in [0.3, 0.4) is 0 Å². The molecule has 0 radical (unpaired) electrons. The van der Waals surface area contributed by atoms with Crippen molar-refractivity contribution in [2.45, 2.75) is 13.8 Å². The molecule has 114 valence electrons. The van der Waals surface area contributed by atoms with Crippen molar-refractivity contribution in [2.75, 3.05) is 19.7 Å². The molecule has 1 aromatic carbocycles. The summed E-state index contributed by atoms with van der Waals surface area (Å²) in [5.41, 5.74) is 0.995. The molecule has 0 aromatic heterocycles. The van der Waals surface area contributed by atoms with Crippen LogP contribution < -0.4 is 0 Å². The van der Waals surface area contributed by atoms with Crippen LogP contribution in [-0.4, -0.2) is 36.5 Å². The highest BCUT2D eigenvalue weighted by Gasteiger charge is 2.17. The molecule has 0 heterocycles. The smallest absolute Gasteiger partial charge is 0.340 e. The molecule has 21 heavy (non-hydrogen) atoms. The predicted octanol–water partition coefficient (Wildman–Crippen LogP) is 3.57. The molecular weight excluding hydrogens is 313 g/mol. The summed E-state index contributed by atoms with van der Waals surface area (Å²) in [6, 6.07) is 4.47. The first-order valence-corrected chi connectivity index (χ1v) is 7.15. The first kappa shape index (κ1) is 17.5. The molecule has 0 aliphatic carbocycles. The Bertz CT molecular complexity index is 558. The number of carbonyl (C=O) groups is 2. The van der Waals surface area contributed by atoms with Gasteiger partial charge in [-0.1, -0.05) is 35.4 Å². The third kappa shape index (κ3) is 5.40. The minimum atomic E-state index is -0.678.